The van der Waals surface area contributed by atoms with E-state index in [4.69, 9.17) is 9.31 Å². The van der Waals surface area contributed by atoms with Crippen molar-refractivity contribution in [1.82, 2.24) is 0 Å². The van der Waals surface area contributed by atoms with Crippen molar-refractivity contribution in [1.29, 1.82) is 0 Å². The fraction of sp³-hybridized carbons (Fsp3) is 0.429. The van der Waals surface area contributed by atoms with Crippen LogP contribution in [0.2, 0.25) is 0 Å². The molecule has 0 bridgehead atoms. The quantitative estimate of drug-likeness (QED) is 0.754. The number of hydrogen-bond acceptors (Lipinski definition) is 2. The maximum absolute atomic E-state index is 6.20. The van der Waals surface area contributed by atoms with Crippen LogP contribution in [0.4, 0.5) is 0 Å². The van der Waals surface area contributed by atoms with Gasteiger partial charge < -0.3 is 9.31 Å². The van der Waals surface area contributed by atoms with Gasteiger partial charge in [-0.25, -0.2) is 0 Å². The Bertz CT molecular complexity index is 738. The first-order valence-corrected chi connectivity index (χ1v) is 8.64. The van der Waals surface area contributed by atoms with Crippen LogP contribution in [0.15, 0.2) is 36.4 Å². The number of aryl methyl sites for hydroxylation is 3. The lowest BCUT2D eigenvalue weighted by molar-refractivity contribution is 0.00578. The van der Waals surface area contributed by atoms with Crippen LogP contribution in [-0.2, 0) is 9.31 Å². The summed E-state index contributed by atoms with van der Waals surface area (Å²) in [6.45, 7) is 14.9. The van der Waals surface area contributed by atoms with E-state index in [1.165, 1.54) is 27.8 Å². The Morgan fingerprint density at radius 1 is 0.792 bits per heavy atom. The third-order valence-electron chi connectivity index (χ3n) is 5.38. The van der Waals surface area contributed by atoms with E-state index in [1.54, 1.807) is 0 Å². The first-order chi connectivity index (χ1) is 11.1. The molecule has 0 aromatic heterocycles. The molecule has 1 heterocycles. The topological polar surface area (TPSA) is 18.5 Å². The molecule has 1 fully saturated rings. The minimum atomic E-state index is -0.319. The summed E-state index contributed by atoms with van der Waals surface area (Å²) in [7, 11) is -0.319. The Kier molecular flexibility index (Phi) is 4.13. The number of benzene rings is 2. The lowest BCUT2D eigenvalue weighted by Gasteiger charge is -2.32. The van der Waals surface area contributed by atoms with Gasteiger partial charge in [-0.15, -0.1) is 0 Å². The molecule has 1 saturated heterocycles. The van der Waals surface area contributed by atoms with Crippen molar-refractivity contribution in [2.45, 2.75) is 59.7 Å². The van der Waals surface area contributed by atoms with E-state index in [-0.39, 0.29) is 18.3 Å². The van der Waals surface area contributed by atoms with Gasteiger partial charge in [0.25, 0.3) is 0 Å². The van der Waals surface area contributed by atoms with Gasteiger partial charge in [-0.1, -0.05) is 42.0 Å². The standard InChI is InChI=1S/C21H27BO2/c1-14-11-15(2)19(16(3)12-14)17-9-8-10-18(13-17)22-23-20(4,5)21(6,7)24-22/h8-13H,1-7H3. The average molecular weight is 322 g/mol. The minimum Gasteiger partial charge on any atom is -0.399 e. The number of hydrogen-bond donors (Lipinski definition) is 0. The van der Waals surface area contributed by atoms with Crippen molar-refractivity contribution < 1.29 is 9.31 Å². The molecule has 0 N–H and O–H groups in total. The summed E-state index contributed by atoms with van der Waals surface area (Å²) in [5.74, 6) is 0. The number of rotatable bonds is 2. The summed E-state index contributed by atoms with van der Waals surface area (Å²) >= 11 is 0. The summed E-state index contributed by atoms with van der Waals surface area (Å²) in [6.07, 6.45) is 0. The molecular weight excluding hydrogens is 295 g/mol. The molecule has 1 aliphatic heterocycles. The molecule has 2 aromatic rings. The predicted octanol–water partition coefficient (Wildman–Crippen LogP) is 4.58. The van der Waals surface area contributed by atoms with E-state index >= 15 is 0 Å². The highest BCUT2D eigenvalue weighted by Crippen LogP contribution is 2.37. The van der Waals surface area contributed by atoms with Gasteiger partial charge >= 0.3 is 7.12 Å². The van der Waals surface area contributed by atoms with Crippen LogP contribution in [0.5, 0.6) is 0 Å². The smallest absolute Gasteiger partial charge is 0.399 e. The van der Waals surface area contributed by atoms with Crippen molar-refractivity contribution in [2.75, 3.05) is 0 Å². The molecule has 3 rings (SSSR count). The van der Waals surface area contributed by atoms with E-state index in [0.717, 1.165) is 5.46 Å². The van der Waals surface area contributed by atoms with Crippen molar-refractivity contribution in [3.8, 4) is 11.1 Å². The van der Waals surface area contributed by atoms with E-state index in [0.29, 0.717) is 0 Å². The lowest BCUT2D eigenvalue weighted by Crippen LogP contribution is -2.41. The average Bonchev–Trinajstić information content (AvgIpc) is 2.67. The molecule has 0 radical (unpaired) electrons. The Morgan fingerprint density at radius 3 is 1.88 bits per heavy atom. The second kappa shape index (κ2) is 5.75. The molecule has 126 valence electrons. The molecule has 3 heteroatoms. The van der Waals surface area contributed by atoms with Crippen LogP contribution in [0.25, 0.3) is 11.1 Å². The van der Waals surface area contributed by atoms with Gasteiger partial charge in [-0.05, 0) is 76.2 Å². The zero-order chi connectivity index (χ0) is 17.7. The SMILES string of the molecule is Cc1cc(C)c(-c2cccc(B3OC(C)(C)C(C)(C)O3)c2)c(C)c1. The summed E-state index contributed by atoms with van der Waals surface area (Å²) in [5, 5.41) is 0. The van der Waals surface area contributed by atoms with Crippen LogP contribution in [-0.4, -0.2) is 18.3 Å². The van der Waals surface area contributed by atoms with Gasteiger partial charge in [0, 0.05) is 0 Å². The monoisotopic (exact) mass is 322 g/mol. The molecule has 0 atom stereocenters. The predicted molar refractivity (Wildman–Crippen MR) is 102 cm³/mol. The zero-order valence-electron chi connectivity index (χ0n) is 15.9. The molecule has 0 unspecified atom stereocenters. The Hall–Kier alpha value is -1.58. The van der Waals surface area contributed by atoms with Crippen molar-refractivity contribution in [3.63, 3.8) is 0 Å². The Labute approximate surface area is 146 Å². The largest absolute Gasteiger partial charge is 0.494 e. The highest BCUT2D eigenvalue weighted by molar-refractivity contribution is 6.62. The Morgan fingerprint density at radius 2 is 1.33 bits per heavy atom. The molecule has 0 aliphatic carbocycles. The van der Waals surface area contributed by atoms with Gasteiger partial charge in [0.05, 0.1) is 11.2 Å². The zero-order valence-corrected chi connectivity index (χ0v) is 15.9. The first kappa shape index (κ1) is 17.3. The third kappa shape index (κ3) is 2.91. The van der Waals surface area contributed by atoms with Crippen molar-refractivity contribution >= 4 is 12.6 Å². The van der Waals surface area contributed by atoms with E-state index < -0.39 is 0 Å². The molecule has 2 nitrogen and oxygen atoms in total. The van der Waals surface area contributed by atoms with Crippen LogP contribution >= 0.6 is 0 Å². The third-order valence-corrected chi connectivity index (χ3v) is 5.38. The maximum atomic E-state index is 6.20. The summed E-state index contributed by atoms with van der Waals surface area (Å²) in [5.41, 5.74) is 6.88. The molecule has 0 amide bonds. The molecule has 0 saturated carbocycles. The summed E-state index contributed by atoms with van der Waals surface area (Å²) < 4.78 is 12.4. The highest BCUT2D eigenvalue weighted by atomic mass is 16.7. The fourth-order valence-electron chi connectivity index (χ4n) is 3.46. The molecule has 2 aromatic carbocycles. The van der Waals surface area contributed by atoms with Crippen LogP contribution < -0.4 is 5.46 Å². The molecular formula is C21H27BO2. The second-order valence-corrected chi connectivity index (χ2v) is 7.99. The maximum Gasteiger partial charge on any atom is 0.494 e. The van der Waals surface area contributed by atoms with Crippen molar-refractivity contribution in [2.24, 2.45) is 0 Å². The van der Waals surface area contributed by atoms with E-state index in [9.17, 15) is 0 Å². The van der Waals surface area contributed by atoms with E-state index in [2.05, 4.69) is 84.9 Å². The minimum absolute atomic E-state index is 0.316. The normalized spacial score (nSPS) is 18.9. The molecule has 24 heavy (non-hydrogen) atoms. The summed E-state index contributed by atoms with van der Waals surface area (Å²) in [6, 6.07) is 13.0. The summed E-state index contributed by atoms with van der Waals surface area (Å²) in [4.78, 5) is 0. The fourth-order valence-corrected chi connectivity index (χ4v) is 3.46. The van der Waals surface area contributed by atoms with Crippen LogP contribution in [0.3, 0.4) is 0 Å². The van der Waals surface area contributed by atoms with E-state index in [1.807, 2.05) is 0 Å². The lowest BCUT2D eigenvalue weighted by atomic mass is 9.77. The first-order valence-electron chi connectivity index (χ1n) is 8.64. The highest BCUT2D eigenvalue weighted by Gasteiger charge is 2.51. The van der Waals surface area contributed by atoms with Gasteiger partial charge in [0.1, 0.15) is 0 Å². The molecule has 0 spiro atoms. The Balaban J connectivity index is 2.00. The van der Waals surface area contributed by atoms with Gasteiger partial charge in [0.2, 0.25) is 0 Å². The van der Waals surface area contributed by atoms with Gasteiger partial charge in [0.15, 0.2) is 0 Å². The van der Waals surface area contributed by atoms with Crippen LogP contribution in [0.1, 0.15) is 44.4 Å². The second-order valence-electron chi connectivity index (χ2n) is 7.99. The van der Waals surface area contributed by atoms with Crippen LogP contribution in [0, 0.1) is 20.8 Å². The molecule has 1 aliphatic rings. The van der Waals surface area contributed by atoms with Gasteiger partial charge in [-0.2, -0.15) is 0 Å². The van der Waals surface area contributed by atoms with Gasteiger partial charge in [-0.3, -0.25) is 0 Å². The van der Waals surface area contributed by atoms with Crippen molar-refractivity contribution in [3.05, 3.63) is 53.1 Å².